The van der Waals surface area contributed by atoms with Crippen LogP contribution in [0.25, 0.3) is 0 Å². The summed E-state index contributed by atoms with van der Waals surface area (Å²) in [5.74, 6) is 0.427. The number of halogens is 1. The first kappa shape index (κ1) is 11.7. The maximum atomic E-state index is 11.9. The predicted octanol–water partition coefficient (Wildman–Crippen LogP) is 3.80. The van der Waals surface area contributed by atoms with Gasteiger partial charge in [-0.3, -0.25) is 4.79 Å². The number of carbonyl (C=O) groups excluding carboxylic acids is 1. The van der Waals surface area contributed by atoms with Crippen LogP contribution in [0.2, 0.25) is 5.02 Å². The van der Waals surface area contributed by atoms with Gasteiger partial charge in [0, 0.05) is 10.7 Å². The summed E-state index contributed by atoms with van der Waals surface area (Å²) in [4.78, 5) is 11.9. The molecule has 0 aliphatic heterocycles. The van der Waals surface area contributed by atoms with Crippen molar-refractivity contribution < 1.29 is 9.21 Å². The zero-order chi connectivity index (χ0) is 12.4. The summed E-state index contributed by atoms with van der Waals surface area (Å²) in [5.41, 5.74) is 2.21. The Morgan fingerprint density at radius 2 is 2.06 bits per heavy atom. The second-order valence-electron chi connectivity index (χ2n) is 3.80. The monoisotopic (exact) mass is 249 g/mol. The van der Waals surface area contributed by atoms with E-state index in [4.69, 9.17) is 16.0 Å². The third kappa shape index (κ3) is 2.50. The van der Waals surface area contributed by atoms with Crippen LogP contribution in [0.5, 0.6) is 0 Å². The van der Waals surface area contributed by atoms with Gasteiger partial charge in [0.2, 0.25) is 0 Å². The van der Waals surface area contributed by atoms with E-state index in [1.807, 2.05) is 6.92 Å². The molecule has 2 aromatic rings. The van der Waals surface area contributed by atoms with Crippen molar-refractivity contribution in [1.29, 1.82) is 0 Å². The van der Waals surface area contributed by atoms with Crippen molar-refractivity contribution in [3.05, 3.63) is 52.4 Å². The van der Waals surface area contributed by atoms with Crippen molar-refractivity contribution in [2.75, 3.05) is 5.32 Å². The summed E-state index contributed by atoms with van der Waals surface area (Å²) in [5, 5.41) is 3.48. The fourth-order valence-electron chi connectivity index (χ4n) is 1.58. The molecule has 4 heteroatoms. The van der Waals surface area contributed by atoms with Crippen molar-refractivity contribution in [3.63, 3.8) is 0 Å². The largest absolute Gasteiger partial charge is 0.469 e. The molecule has 0 unspecified atom stereocenters. The normalized spacial score (nSPS) is 10.3. The minimum Gasteiger partial charge on any atom is -0.469 e. The molecule has 0 saturated carbocycles. The minimum absolute atomic E-state index is 0.179. The summed E-state index contributed by atoms with van der Waals surface area (Å²) in [7, 11) is 0. The molecule has 88 valence electrons. The summed E-state index contributed by atoms with van der Waals surface area (Å²) >= 11 is 5.85. The molecule has 1 N–H and O–H groups in total. The van der Waals surface area contributed by atoms with E-state index in [0.29, 0.717) is 16.3 Å². The van der Waals surface area contributed by atoms with Gasteiger partial charge in [0.15, 0.2) is 0 Å². The molecule has 2 rings (SSSR count). The van der Waals surface area contributed by atoms with E-state index >= 15 is 0 Å². The van der Waals surface area contributed by atoms with Crippen molar-refractivity contribution in [1.82, 2.24) is 0 Å². The highest BCUT2D eigenvalue weighted by Gasteiger charge is 2.12. The SMILES string of the molecule is Cc1cc(Cl)ccc1NC(=O)c1ccoc1C. The van der Waals surface area contributed by atoms with Gasteiger partial charge in [-0.05, 0) is 43.7 Å². The van der Waals surface area contributed by atoms with E-state index in [-0.39, 0.29) is 5.91 Å². The average Bonchev–Trinajstić information content (AvgIpc) is 2.68. The number of furan rings is 1. The Hall–Kier alpha value is -1.74. The third-order valence-electron chi connectivity index (χ3n) is 2.54. The first-order chi connectivity index (χ1) is 8.08. The van der Waals surface area contributed by atoms with Crippen molar-refractivity contribution >= 4 is 23.2 Å². The van der Waals surface area contributed by atoms with Gasteiger partial charge >= 0.3 is 0 Å². The van der Waals surface area contributed by atoms with Crippen LogP contribution in [0.3, 0.4) is 0 Å². The van der Waals surface area contributed by atoms with E-state index < -0.39 is 0 Å². The molecular formula is C13H12ClNO2. The van der Waals surface area contributed by atoms with Crippen LogP contribution in [0.15, 0.2) is 34.9 Å². The molecule has 1 amide bonds. The van der Waals surface area contributed by atoms with Gasteiger partial charge in [0.05, 0.1) is 11.8 Å². The summed E-state index contributed by atoms with van der Waals surface area (Å²) in [6.45, 7) is 3.65. The van der Waals surface area contributed by atoms with E-state index in [1.54, 1.807) is 31.2 Å². The van der Waals surface area contributed by atoms with E-state index in [0.717, 1.165) is 11.3 Å². The molecule has 0 radical (unpaired) electrons. The Morgan fingerprint density at radius 1 is 1.29 bits per heavy atom. The van der Waals surface area contributed by atoms with Crippen molar-refractivity contribution in [2.24, 2.45) is 0 Å². The highest BCUT2D eigenvalue weighted by atomic mass is 35.5. The van der Waals surface area contributed by atoms with Gasteiger partial charge in [0.25, 0.3) is 5.91 Å². The van der Waals surface area contributed by atoms with Crippen LogP contribution in [0, 0.1) is 13.8 Å². The zero-order valence-electron chi connectivity index (χ0n) is 9.58. The second kappa shape index (κ2) is 4.63. The molecule has 1 aromatic carbocycles. The van der Waals surface area contributed by atoms with Crippen LogP contribution in [-0.2, 0) is 0 Å². The first-order valence-corrected chi connectivity index (χ1v) is 5.57. The molecule has 3 nitrogen and oxygen atoms in total. The topological polar surface area (TPSA) is 42.2 Å². The Bertz CT molecular complexity index is 560. The number of rotatable bonds is 2. The molecule has 17 heavy (non-hydrogen) atoms. The first-order valence-electron chi connectivity index (χ1n) is 5.19. The van der Waals surface area contributed by atoms with E-state index in [1.165, 1.54) is 6.26 Å². The van der Waals surface area contributed by atoms with Crippen molar-refractivity contribution in [3.8, 4) is 0 Å². The maximum Gasteiger partial charge on any atom is 0.259 e. The number of hydrogen-bond acceptors (Lipinski definition) is 2. The molecule has 0 spiro atoms. The highest BCUT2D eigenvalue weighted by molar-refractivity contribution is 6.30. The Morgan fingerprint density at radius 3 is 2.65 bits per heavy atom. The summed E-state index contributed by atoms with van der Waals surface area (Å²) in [6, 6.07) is 6.98. The maximum absolute atomic E-state index is 11.9. The lowest BCUT2D eigenvalue weighted by Crippen LogP contribution is -2.12. The van der Waals surface area contributed by atoms with Crippen LogP contribution in [0.1, 0.15) is 21.7 Å². The molecule has 0 aliphatic rings. The van der Waals surface area contributed by atoms with Crippen LogP contribution in [0.4, 0.5) is 5.69 Å². The molecule has 0 aliphatic carbocycles. The van der Waals surface area contributed by atoms with Gasteiger partial charge < -0.3 is 9.73 Å². The van der Waals surface area contributed by atoms with Gasteiger partial charge in [0.1, 0.15) is 5.76 Å². The molecule has 0 saturated heterocycles. The van der Waals surface area contributed by atoms with Gasteiger partial charge in [-0.2, -0.15) is 0 Å². The van der Waals surface area contributed by atoms with E-state index in [9.17, 15) is 4.79 Å². The lowest BCUT2D eigenvalue weighted by Gasteiger charge is -2.07. The average molecular weight is 250 g/mol. The third-order valence-corrected chi connectivity index (χ3v) is 2.78. The van der Waals surface area contributed by atoms with Gasteiger partial charge in [-0.1, -0.05) is 11.6 Å². The number of hydrogen-bond donors (Lipinski definition) is 1. The minimum atomic E-state index is -0.179. The Kier molecular flexibility index (Phi) is 3.20. The van der Waals surface area contributed by atoms with Gasteiger partial charge in [-0.15, -0.1) is 0 Å². The molecule has 0 fully saturated rings. The number of carbonyl (C=O) groups is 1. The van der Waals surface area contributed by atoms with Crippen LogP contribution in [-0.4, -0.2) is 5.91 Å². The molecule has 1 heterocycles. The Balaban J connectivity index is 2.22. The predicted molar refractivity (Wildman–Crippen MR) is 67.6 cm³/mol. The number of benzene rings is 1. The lowest BCUT2D eigenvalue weighted by molar-refractivity contribution is 0.102. The lowest BCUT2D eigenvalue weighted by atomic mass is 10.2. The quantitative estimate of drug-likeness (QED) is 0.880. The molecular weight excluding hydrogens is 238 g/mol. The standard InChI is InChI=1S/C13H12ClNO2/c1-8-7-10(14)3-4-12(8)15-13(16)11-5-6-17-9(11)2/h3-7H,1-2H3,(H,15,16). The second-order valence-corrected chi connectivity index (χ2v) is 4.24. The highest BCUT2D eigenvalue weighted by Crippen LogP contribution is 2.20. The zero-order valence-corrected chi connectivity index (χ0v) is 10.3. The number of amides is 1. The van der Waals surface area contributed by atoms with Gasteiger partial charge in [-0.25, -0.2) is 0 Å². The molecule has 0 atom stereocenters. The molecule has 0 bridgehead atoms. The van der Waals surface area contributed by atoms with Crippen LogP contribution < -0.4 is 5.32 Å². The summed E-state index contributed by atoms with van der Waals surface area (Å²) in [6.07, 6.45) is 1.50. The fourth-order valence-corrected chi connectivity index (χ4v) is 1.80. The molecule has 1 aromatic heterocycles. The fraction of sp³-hybridized carbons (Fsp3) is 0.154. The summed E-state index contributed by atoms with van der Waals surface area (Å²) < 4.78 is 5.09. The Labute approximate surface area is 104 Å². The number of anilines is 1. The van der Waals surface area contributed by atoms with Crippen LogP contribution >= 0.6 is 11.6 Å². The van der Waals surface area contributed by atoms with E-state index in [2.05, 4.69) is 5.32 Å². The number of nitrogens with one attached hydrogen (secondary N) is 1. The van der Waals surface area contributed by atoms with Crippen molar-refractivity contribution in [2.45, 2.75) is 13.8 Å². The smallest absolute Gasteiger partial charge is 0.259 e. The number of aryl methyl sites for hydroxylation is 2.